The van der Waals surface area contributed by atoms with Gasteiger partial charge < -0.3 is 4.74 Å². The Morgan fingerprint density at radius 2 is 2.11 bits per heavy atom. The molecular weight excluding hydrogens is 387 g/mol. The normalized spacial score (nSPS) is 23.7. The van der Waals surface area contributed by atoms with Crippen molar-refractivity contribution in [3.05, 3.63) is 47.3 Å². The van der Waals surface area contributed by atoms with Gasteiger partial charge in [-0.15, -0.1) is 11.8 Å². The van der Waals surface area contributed by atoms with Crippen LogP contribution in [0.5, 0.6) is 0 Å². The van der Waals surface area contributed by atoms with Gasteiger partial charge >= 0.3 is 6.18 Å². The summed E-state index contributed by atoms with van der Waals surface area (Å²) in [6.45, 7) is 2.39. The zero-order valence-electron chi connectivity index (χ0n) is 14.5. The molecule has 0 saturated carbocycles. The van der Waals surface area contributed by atoms with Gasteiger partial charge in [0.15, 0.2) is 0 Å². The SMILES string of the molecule is CC1(Sc2cccc(C(F)(F)F)c2)CCOC(c2cc(CC(F)F)[nH]n2)C1. The molecule has 0 radical (unpaired) electrons. The number of nitrogens with one attached hydrogen (secondary N) is 1. The first-order chi connectivity index (χ1) is 12.6. The molecule has 27 heavy (non-hydrogen) atoms. The topological polar surface area (TPSA) is 37.9 Å². The molecule has 0 spiro atoms. The minimum atomic E-state index is -4.38. The van der Waals surface area contributed by atoms with Gasteiger partial charge in [0.1, 0.15) is 6.10 Å². The fraction of sp³-hybridized carbons (Fsp3) is 0.500. The summed E-state index contributed by atoms with van der Waals surface area (Å²) in [5, 5.41) is 6.66. The third kappa shape index (κ3) is 5.22. The third-order valence-corrected chi connectivity index (χ3v) is 5.80. The second-order valence-corrected chi connectivity index (χ2v) is 8.47. The standard InChI is InChI=1S/C18H19F5N2OS/c1-17(27-13-4-2-3-11(7-13)18(21,22)23)5-6-26-15(10-17)14-8-12(24-25-14)9-16(19)20/h2-4,7-8,15-16H,5-6,9-10H2,1H3,(H,24,25). The summed E-state index contributed by atoms with van der Waals surface area (Å²) in [6.07, 6.45) is -6.45. The molecule has 1 saturated heterocycles. The minimum Gasteiger partial charge on any atom is -0.372 e. The fourth-order valence-corrected chi connectivity index (χ4v) is 4.41. The number of hydrogen-bond acceptors (Lipinski definition) is 3. The van der Waals surface area contributed by atoms with Crippen LogP contribution in [0.1, 0.15) is 42.8 Å². The first-order valence-corrected chi connectivity index (χ1v) is 9.26. The summed E-state index contributed by atoms with van der Waals surface area (Å²) in [7, 11) is 0. The number of benzene rings is 1. The van der Waals surface area contributed by atoms with Gasteiger partial charge in [0, 0.05) is 21.9 Å². The van der Waals surface area contributed by atoms with E-state index in [-0.39, 0.29) is 10.9 Å². The molecule has 2 aromatic rings. The van der Waals surface area contributed by atoms with Gasteiger partial charge in [-0.2, -0.15) is 18.3 Å². The van der Waals surface area contributed by atoms with E-state index in [1.165, 1.54) is 17.8 Å². The van der Waals surface area contributed by atoms with E-state index in [0.29, 0.717) is 35.7 Å². The predicted molar refractivity (Wildman–Crippen MR) is 91.9 cm³/mol. The lowest BCUT2D eigenvalue weighted by molar-refractivity contribution is -0.137. The number of rotatable bonds is 5. The van der Waals surface area contributed by atoms with Gasteiger partial charge in [-0.25, -0.2) is 8.78 Å². The Labute approximate surface area is 157 Å². The van der Waals surface area contributed by atoms with Crippen molar-refractivity contribution < 1.29 is 26.7 Å². The highest BCUT2D eigenvalue weighted by molar-refractivity contribution is 8.00. The van der Waals surface area contributed by atoms with E-state index in [1.54, 1.807) is 12.1 Å². The fourth-order valence-electron chi connectivity index (χ4n) is 3.09. The monoisotopic (exact) mass is 406 g/mol. The molecule has 3 nitrogen and oxygen atoms in total. The van der Waals surface area contributed by atoms with Crippen molar-refractivity contribution in [1.29, 1.82) is 0 Å². The first-order valence-electron chi connectivity index (χ1n) is 8.45. The van der Waals surface area contributed by atoms with E-state index in [2.05, 4.69) is 10.2 Å². The van der Waals surface area contributed by atoms with Crippen LogP contribution in [0.15, 0.2) is 35.2 Å². The summed E-state index contributed by atoms with van der Waals surface area (Å²) < 4.78 is 69.1. The molecule has 0 aliphatic carbocycles. The number of halogens is 5. The van der Waals surface area contributed by atoms with E-state index in [4.69, 9.17) is 4.74 Å². The average Bonchev–Trinajstić information content (AvgIpc) is 3.01. The molecular formula is C18H19F5N2OS. The molecule has 1 fully saturated rings. The lowest BCUT2D eigenvalue weighted by Crippen LogP contribution is -2.32. The van der Waals surface area contributed by atoms with Crippen molar-refractivity contribution >= 4 is 11.8 Å². The molecule has 1 N–H and O–H groups in total. The van der Waals surface area contributed by atoms with Crippen LogP contribution >= 0.6 is 11.8 Å². The van der Waals surface area contributed by atoms with E-state index in [0.717, 1.165) is 12.1 Å². The van der Waals surface area contributed by atoms with Crippen molar-refractivity contribution in [2.45, 2.75) is 54.5 Å². The van der Waals surface area contributed by atoms with Crippen LogP contribution < -0.4 is 0 Å². The Hall–Kier alpha value is -1.61. The van der Waals surface area contributed by atoms with E-state index in [9.17, 15) is 22.0 Å². The molecule has 2 unspecified atom stereocenters. The number of aromatic nitrogens is 2. The molecule has 3 rings (SSSR count). The summed E-state index contributed by atoms with van der Waals surface area (Å²) in [6, 6.07) is 6.82. The van der Waals surface area contributed by atoms with Crippen LogP contribution in [-0.2, 0) is 17.3 Å². The van der Waals surface area contributed by atoms with Crippen molar-refractivity contribution in [3.8, 4) is 0 Å². The van der Waals surface area contributed by atoms with Gasteiger partial charge in [-0.05, 0) is 44.0 Å². The Bertz CT molecular complexity index is 779. The van der Waals surface area contributed by atoms with Gasteiger partial charge in [0.05, 0.1) is 17.7 Å². The highest BCUT2D eigenvalue weighted by Gasteiger charge is 2.37. The van der Waals surface area contributed by atoms with Crippen molar-refractivity contribution in [2.24, 2.45) is 0 Å². The first kappa shape index (κ1) is 20.1. The molecule has 1 aromatic heterocycles. The number of nitrogens with zero attached hydrogens (tertiary/aromatic N) is 1. The van der Waals surface area contributed by atoms with Gasteiger partial charge in [0.2, 0.25) is 6.43 Å². The lowest BCUT2D eigenvalue weighted by Gasteiger charge is -2.37. The van der Waals surface area contributed by atoms with E-state index >= 15 is 0 Å². The summed E-state index contributed by atoms with van der Waals surface area (Å²) in [5.41, 5.74) is 0.200. The number of hydrogen-bond donors (Lipinski definition) is 1. The molecule has 0 amide bonds. The Morgan fingerprint density at radius 3 is 2.81 bits per heavy atom. The number of ether oxygens (including phenoxy) is 1. The average molecular weight is 406 g/mol. The zero-order chi connectivity index (χ0) is 19.7. The molecule has 9 heteroatoms. The number of aromatic amines is 1. The second-order valence-electron chi connectivity index (χ2n) is 6.80. The highest BCUT2D eigenvalue weighted by atomic mass is 32.2. The van der Waals surface area contributed by atoms with Gasteiger partial charge in [-0.3, -0.25) is 5.10 Å². The molecule has 148 valence electrons. The second kappa shape index (κ2) is 7.79. The van der Waals surface area contributed by atoms with Crippen molar-refractivity contribution in [2.75, 3.05) is 6.61 Å². The smallest absolute Gasteiger partial charge is 0.372 e. The van der Waals surface area contributed by atoms with Crippen LogP contribution in [0.2, 0.25) is 0 Å². The molecule has 0 bridgehead atoms. The van der Waals surface area contributed by atoms with E-state index in [1.807, 2.05) is 6.92 Å². The van der Waals surface area contributed by atoms with Crippen molar-refractivity contribution in [3.63, 3.8) is 0 Å². The largest absolute Gasteiger partial charge is 0.416 e. The Balaban J connectivity index is 1.72. The van der Waals surface area contributed by atoms with Crippen LogP contribution in [0.25, 0.3) is 0 Å². The summed E-state index contributed by atoms with van der Waals surface area (Å²) in [5.74, 6) is 0. The van der Waals surface area contributed by atoms with Crippen LogP contribution in [0.3, 0.4) is 0 Å². The minimum absolute atomic E-state index is 0.335. The molecule has 1 aliphatic heterocycles. The molecule has 1 aromatic carbocycles. The maximum absolute atomic E-state index is 12.9. The van der Waals surface area contributed by atoms with E-state index < -0.39 is 24.6 Å². The number of alkyl halides is 5. The number of thioether (sulfide) groups is 1. The molecule has 2 heterocycles. The zero-order valence-corrected chi connectivity index (χ0v) is 15.3. The Morgan fingerprint density at radius 1 is 1.33 bits per heavy atom. The lowest BCUT2D eigenvalue weighted by atomic mass is 9.95. The summed E-state index contributed by atoms with van der Waals surface area (Å²) >= 11 is 1.38. The number of H-pyrrole nitrogens is 1. The quantitative estimate of drug-likeness (QED) is 0.653. The van der Waals surface area contributed by atoms with Crippen LogP contribution in [0, 0.1) is 0 Å². The molecule has 2 atom stereocenters. The maximum atomic E-state index is 12.9. The summed E-state index contributed by atoms with van der Waals surface area (Å²) in [4.78, 5) is 0.536. The maximum Gasteiger partial charge on any atom is 0.416 e. The van der Waals surface area contributed by atoms with Gasteiger partial charge in [-0.1, -0.05) is 6.07 Å². The van der Waals surface area contributed by atoms with Crippen LogP contribution in [-0.4, -0.2) is 28.0 Å². The Kier molecular flexibility index (Phi) is 5.81. The predicted octanol–water partition coefficient (Wildman–Crippen LogP) is 5.64. The highest BCUT2D eigenvalue weighted by Crippen LogP contribution is 2.46. The third-order valence-electron chi connectivity index (χ3n) is 4.45. The van der Waals surface area contributed by atoms with Gasteiger partial charge in [0.25, 0.3) is 0 Å². The van der Waals surface area contributed by atoms with Crippen LogP contribution in [0.4, 0.5) is 22.0 Å². The van der Waals surface area contributed by atoms with Crippen molar-refractivity contribution in [1.82, 2.24) is 10.2 Å². The molecule has 1 aliphatic rings.